The van der Waals surface area contributed by atoms with E-state index in [-0.39, 0.29) is 6.04 Å². The highest BCUT2D eigenvalue weighted by atomic mass is 15.1. The van der Waals surface area contributed by atoms with Gasteiger partial charge in [0.1, 0.15) is 0 Å². The summed E-state index contributed by atoms with van der Waals surface area (Å²) in [6, 6.07) is 14.8. The van der Waals surface area contributed by atoms with Gasteiger partial charge >= 0.3 is 0 Å². The number of rotatable bonds is 3. The van der Waals surface area contributed by atoms with Crippen LogP contribution in [0.1, 0.15) is 24.2 Å². The Morgan fingerprint density at radius 2 is 1.95 bits per heavy atom. The van der Waals surface area contributed by atoms with Gasteiger partial charge in [-0.1, -0.05) is 42.5 Å². The molecule has 0 saturated heterocycles. The first kappa shape index (κ1) is 11.9. The van der Waals surface area contributed by atoms with E-state index in [2.05, 4.69) is 52.0 Å². The maximum atomic E-state index is 5.96. The van der Waals surface area contributed by atoms with Crippen molar-refractivity contribution in [2.24, 2.45) is 5.73 Å². The second-order valence-electron chi connectivity index (χ2n) is 4.87. The van der Waals surface area contributed by atoms with Gasteiger partial charge in [-0.2, -0.15) is 0 Å². The molecule has 0 spiro atoms. The summed E-state index contributed by atoms with van der Waals surface area (Å²) in [7, 11) is 0. The fourth-order valence-corrected chi connectivity index (χ4v) is 2.46. The summed E-state index contributed by atoms with van der Waals surface area (Å²) in [5, 5.41) is 2.55. The van der Waals surface area contributed by atoms with Crippen molar-refractivity contribution in [3.8, 4) is 0 Å². The fraction of sp³-hybridized carbons (Fsp3) is 0.188. The standard InChI is InChI=1S/C16H17N3/c1-12(17)16-9-18-11-19(16)10-14-7-4-6-13-5-2-3-8-15(13)14/h2-9,11-12H,10,17H2,1H3. The molecule has 0 bridgehead atoms. The third-order valence-corrected chi connectivity index (χ3v) is 3.43. The van der Waals surface area contributed by atoms with Crippen LogP contribution in [0, 0.1) is 0 Å². The third-order valence-electron chi connectivity index (χ3n) is 3.43. The molecule has 1 atom stereocenters. The van der Waals surface area contributed by atoms with E-state index in [9.17, 15) is 0 Å². The molecule has 2 aromatic carbocycles. The maximum Gasteiger partial charge on any atom is 0.0951 e. The van der Waals surface area contributed by atoms with Crippen molar-refractivity contribution in [3.05, 3.63) is 66.2 Å². The first-order valence-electron chi connectivity index (χ1n) is 6.48. The quantitative estimate of drug-likeness (QED) is 0.777. The van der Waals surface area contributed by atoms with Crippen molar-refractivity contribution in [1.29, 1.82) is 0 Å². The van der Waals surface area contributed by atoms with Gasteiger partial charge in [-0.05, 0) is 23.3 Å². The number of hydrogen-bond donors (Lipinski definition) is 1. The monoisotopic (exact) mass is 251 g/mol. The number of hydrogen-bond acceptors (Lipinski definition) is 2. The first-order valence-corrected chi connectivity index (χ1v) is 6.48. The van der Waals surface area contributed by atoms with Crippen LogP contribution in [0.4, 0.5) is 0 Å². The zero-order chi connectivity index (χ0) is 13.2. The lowest BCUT2D eigenvalue weighted by atomic mass is 10.0. The lowest BCUT2D eigenvalue weighted by molar-refractivity contribution is 0.676. The topological polar surface area (TPSA) is 43.8 Å². The zero-order valence-electron chi connectivity index (χ0n) is 11.0. The van der Waals surface area contributed by atoms with Gasteiger partial charge in [0.15, 0.2) is 0 Å². The summed E-state index contributed by atoms with van der Waals surface area (Å²) in [5.41, 5.74) is 8.32. The molecule has 3 rings (SSSR count). The molecule has 0 aliphatic heterocycles. The summed E-state index contributed by atoms with van der Waals surface area (Å²) >= 11 is 0. The molecule has 1 unspecified atom stereocenters. The van der Waals surface area contributed by atoms with Gasteiger partial charge in [0.2, 0.25) is 0 Å². The molecule has 3 nitrogen and oxygen atoms in total. The summed E-state index contributed by atoms with van der Waals surface area (Å²) in [6.45, 7) is 2.79. The SMILES string of the molecule is CC(N)c1cncn1Cc1cccc2ccccc12. The zero-order valence-corrected chi connectivity index (χ0v) is 11.0. The largest absolute Gasteiger partial charge is 0.329 e. The van der Waals surface area contributed by atoms with Crippen LogP contribution in [0.3, 0.4) is 0 Å². The van der Waals surface area contributed by atoms with Crippen molar-refractivity contribution in [2.45, 2.75) is 19.5 Å². The van der Waals surface area contributed by atoms with Gasteiger partial charge in [-0.3, -0.25) is 0 Å². The molecule has 19 heavy (non-hydrogen) atoms. The van der Waals surface area contributed by atoms with Crippen LogP contribution in [0.2, 0.25) is 0 Å². The van der Waals surface area contributed by atoms with Crippen LogP contribution >= 0.6 is 0 Å². The van der Waals surface area contributed by atoms with Crippen LogP contribution in [-0.2, 0) is 6.54 Å². The van der Waals surface area contributed by atoms with Gasteiger partial charge in [-0.25, -0.2) is 4.98 Å². The first-order chi connectivity index (χ1) is 9.25. The third kappa shape index (κ3) is 2.25. The number of aromatic nitrogens is 2. The Hall–Kier alpha value is -2.13. The molecule has 0 radical (unpaired) electrons. The van der Waals surface area contributed by atoms with E-state index in [0.717, 1.165) is 12.2 Å². The number of fused-ring (bicyclic) bond motifs is 1. The van der Waals surface area contributed by atoms with Gasteiger partial charge in [-0.15, -0.1) is 0 Å². The molecular formula is C16H17N3. The fourth-order valence-electron chi connectivity index (χ4n) is 2.46. The molecule has 0 aliphatic rings. The Morgan fingerprint density at radius 3 is 2.79 bits per heavy atom. The minimum Gasteiger partial charge on any atom is -0.329 e. The lowest BCUT2D eigenvalue weighted by Crippen LogP contribution is -2.12. The number of benzene rings is 2. The van der Waals surface area contributed by atoms with Gasteiger partial charge in [0, 0.05) is 18.8 Å². The molecule has 1 aromatic heterocycles. The second kappa shape index (κ2) is 4.86. The summed E-state index contributed by atoms with van der Waals surface area (Å²) in [4.78, 5) is 4.20. The number of nitrogens with zero attached hydrogens (tertiary/aromatic N) is 2. The van der Waals surface area contributed by atoms with Crippen LogP contribution in [0.15, 0.2) is 55.0 Å². The van der Waals surface area contributed by atoms with E-state index < -0.39 is 0 Å². The smallest absolute Gasteiger partial charge is 0.0951 e. The van der Waals surface area contributed by atoms with Crippen molar-refractivity contribution in [2.75, 3.05) is 0 Å². The molecular weight excluding hydrogens is 234 g/mol. The lowest BCUT2D eigenvalue weighted by Gasteiger charge is -2.12. The molecule has 0 aliphatic carbocycles. The Bertz CT molecular complexity index is 693. The molecule has 0 fully saturated rings. The highest BCUT2D eigenvalue weighted by Gasteiger charge is 2.08. The molecule has 0 amide bonds. The van der Waals surface area contributed by atoms with E-state index >= 15 is 0 Å². The van der Waals surface area contributed by atoms with Crippen LogP contribution in [0.25, 0.3) is 10.8 Å². The van der Waals surface area contributed by atoms with Gasteiger partial charge < -0.3 is 10.3 Å². The van der Waals surface area contributed by atoms with E-state index in [1.54, 1.807) is 0 Å². The minimum atomic E-state index is -0.00234. The average Bonchev–Trinajstić information content (AvgIpc) is 2.87. The molecule has 3 heteroatoms. The highest BCUT2D eigenvalue weighted by Crippen LogP contribution is 2.20. The Kier molecular flexibility index (Phi) is 3.05. The number of nitrogens with two attached hydrogens (primary N) is 1. The van der Waals surface area contributed by atoms with E-state index in [1.807, 2.05) is 19.4 Å². The van der Waals surface area contributed by atoms with Crippen molar-refractivity contribution in [3.63, 3.8) is 0 Å². The predicted molar refractivity (Wildman–Crippen MR) is 77.9 cm³/mol. The van der Waals surface area contributed by atoms with Gasteiger partial charge in [0.05, 0.1) is 12.0 Å². The summed E-state index contributed by atoms with van der Waals surface area (Å²) in [5.74, 6) is 0. The Labute approximate surface area is 112 Å². The molecule has 96 valence electrons. The van der Waals surface area contributed by atoms with Crippen LogP contribution in [-0.4, -0.2) is 9.55 Å². The van der Waals surface area contributed by atoms with Gasteiger partial charge in [0.25, 0.3) is 0 Å². The molecule has 3 aromatic rings. The Balaban J connectivity index is 2.04. The second-order valence-corrected chi connectivity index (χ2v) is 4.87. The van der Waals surface area contributed by atoms with Crippen molar-refractivity contribution in [1.82, 2.24) is 9.55 Å². The van der Waals surface area contributed by atoms with E-state index in [1.165, 1.54) is 16.3 Å². The maximum absolute atomic E-state index is 5.96. The normalized spacial score (nSPS) is 12.7. The highest BCUT2D eigenvalue weighted by molar-refractivity contribution is 5.85. The summed E-state index contributed by atoms with van der Waals surface area (Å²) in [6.07, 6.45) is 3.69. The Morgan fingerprint density at radius 1 is 1.16 bits per heavy atom. The van der Waals surface area contributed by atoms with E-state index in [0.29, 0.717) is 0 Å². The summed E-state index contributed by atoms with van der Waals surface area (Å²) < 4.78 is 2.12. The minimum absolute atomic E-state index is 0.00234. The molecule has 1 heterocycles. The predicted octanol–water partition coefficient (Wildman–Crippen LogP) is 3.10. The van der Waals surface area contributed by atoms with Crippen LogP contribution < -0.4 is 5.73 Å². The van der Waals surface area contributed by atoms with Crippen molar-refractivity contribution >= 4 is 10.8 Å². The molecule has 0 saturated carbocycles. The molecule has 2 N–H and O–H groups in total. The number of imidazole rings is 1. The van der Waals surface area contributed by atoms with E-state index in [4.69, 9.17) is 5.73 Å². The average molecular weight is 251 g/mol. The van der Waals surface area contributed by atoms with Crippen LogP contribution in [0.5, 0.6) is 0 Å². The van der Waals surface area contributed by atoms with Crippen molar-refractivity contribution < 1.29 is 0 Å².